The largest absolute Gasteiger partial charge is 0.493 e. The van der Waals surface area contributed by atoms with Crippen molar-refractivity contribution in [3.63, 3.8) is 0 Å². The first-order chi connectivity index (χ1) is 17.6. The topological polar surface area (TPSA) is 129 Å². The SMILES string of the molecule is CCOC(=O)CCNC(=O)C(C)CC(O)C(N)CC(Cc1ccc(OC)c(OCCCOC)c1)C(C)C.Cl. The van der Waals surface area contributed by atoms with E-state index in [4.69, 9.17) is 24.7 Å². The number of carbonyl (C=O) groups is 2. The zero-order valence-corrected chi connectivity index (χ0v) is 24.7. The van der Waals surface area contributed by atoms with E-state index in [9.17, 15) is 14.7 Å². The van der Waals surface area contributed by atoms with Gasteiger partial charge in [0.05, 0.1) is 32.8 Å². The molecular weight excluding hydrogens is 512 g/mol. The molecule has 1 aromatic rings. The van der Waals surface area contributed by atoms with Gasteiger partial charge in [-0.2, -0.15) is 0 Å². The third-order valence-corrected chi connectivity index (χ3v) is 6.46. The summed E-state index contributed by atoms with van der Waals surface area (Å²) in [7, 11) is 3.29. The van der Waals surface area contributed by atoms with Gasteiger partial charge in [0, 0.05) is 38.6 Å². The Bertz CT molecular complexity index is 809. The maximum atomic E-state index is 12.4. The third-order valence-electron chi connectivity index (χ3n) is 6.46. The Hall–Kier alpha value is -2.07. The highest BCUT2D eigenvalue weighted by Crippen LogP contribution is 2.31. The van der Waals surface area contributed by atoms with Crippen LogP contribution in [0.3, 0.4) is 0 Å². The second-order valence-electron chi connectivity index (χ2n) is 9.84. The van der Waals surface area contributed by atoms with Gasteiger partial charge in [0.15, 0.2) is 11.5 Å². The van der Waals surface area contributed by atoms with Crippen molar-refractivity contribution in [2.75, 3.05) is 40.6 Å². The van der Waals surface area contributed by atoms with Crippen molar-refractivity contribution in [1.29, 1.82) is 0 Å². The first-order valence-corrected chi connectivity index (χ1v) is 13.3. The van der Waals surface area contributed by atoms with E-state index in [0.29, 0.717) is 43.7 Å². The van der Waals surface area contributed by atoms with Gasteiger partial charge in [-0.25, -0.2) is 0 Å². The second-order valence-corrected chi connectivity index (χ2v) is 9.84. The number of amides is 1. The molecule has 0 saturated carbocycles. The Kier molecular flexibility index (Phi) is 18.8. The number of halogens is 1. The van der Waals surface area contributed by atoms with Crippen molar-refractivity contribution in [3.8, 4) is 11.5 Å². The van der Waals surface area contributed by atoms with Gasteiger partial charge in [-0.05, 0) is 55.7 Å². The number of benzene rings is 1. The lowest BCUT2D eigenvalue weighted by Gasteiger charge is -2.28. The molecule has 0 aliphatic heterocycles. The second kappa shape index (κ2) is 19.9. The number of aliphatic hydroxyl groups is 1. The minimum Gasteiger partial charge on any atom is -0.493 e. The lowest BCUT2D eigenvalue weighted by atomic mass is 9.82. The summed E-state index contributed by atoms with van der Waals surface area (Å²) < 4.78 is 21.3. The molecule has 0 saturated heterocycles. The molecule has 0 radical (unpaired) electrons. The molecule has 1 rings (SSSR count). The molecule has 4 N–H and O–H groups in total. The van der Waals surface area contributed by atoms with Gasteiger partial charge < -0.3 is 35.1 Å². The maximum Gasteiger partial charge on any atom is 0.307 e. The first-order valence-electron chi connectivity index (χ1n) is 13.3. The zero-order chi connectivity index (χ0) is 27.8. The van der Waals surface area contributed by atoms with E-state index in [-0.39, 0.29) is 49.6 Å². The Labute approximate surface area is 234 Å². The molecule has 9 nitrogen and oxygen atoms in total. The molecule has 10 heteroatoms. The van der Waals surface area contributed by atoms with Gasteiger partial charge in [0.25, 0.3) is 0 Å². The first kappa shape index (κ1) is 35.9. The van der Waals surface area contributed by atoms with Crippen LogP contribution in [-0.4, -0.2) is 69.7 Å². The number of carbonyl (C=O) groups excluding carboxylic acids is 2. The fraction of sp³-hybridized carbons (Fsp3) is 0.714. The number of rotatable bonds is 19. The summed E-state index contributed by atoms with van der Waals surface area (Å²) in [5.41, 5.74) is 7.51. The fourth-order valence-electron chi connectivity index (χ4n) is 4.09. The Morgan fingerprint density at radius 2 is 1.79 bits per heavy atom. The molecular formula is C28H49ClN2O7. The standard InChI is InChI=1S/C28H48N2O7.ClH/c1-7-36-27(32)11-12-30-28(33)20(4)15-24(31)23(29)18-22(19(2)3)16-21-9-10-25(35-6)26(17-21)37-14-8-13-34-5;/h9-10,17,19-20,22-24,31H,7-8,11-16,18,29H2,1-6H3,(H,30,33);1H. The van der Waals surface area contributed by atoms with Crippen LogP contribution in [0.2, 0.25) is 0 Å². The van der Waals surface area contributed by atoms with E-state index in [1.165, 1.54) is 0 Å². The Balaban J connectivity index is 0.0000137. The van der Waals surface area contributed by atoms with Gasteiger partial charge >= 0.3 is 5.97 Å². The summed E-state index contributed by atoms with van der Waals surface area (Å²) in [5.74, 6) is 0.962. The quantitative estimate of drug-likeness (QED) is 0.173. The van der Waals surface area contributed by atoms with E-state index in [0.717, 1.165) is 18.4 Å². The highest BCUT2D eigenvalue weighted by molar-refractivity contribution is 5.85. The normalized spacial score (nSPS) is 14.1. The van der Waals surface area contributed by atoms with Crippen molar-refractivity contribution in [1.82, 2.24) is 5.32 Å². The number of hydrogen-bond donors (Lipinski definition) is 3. The van der Waals surface area contributed by atoms with Crippen LogP contribution in [0.4, 0.5) is 0 Å². The predicted octanol–water partition coefficient (Wildman–Crippen LogP) is 3.52. The zero-order valence-electron chi connectivity index (χ0n) is 23.9. The van der Waals surface area contributed by atoms with Crippen LogP contribution < -0.4 is 20.5 Å². The van der Waals surface area contributed by atoms with Gasteiger partial charge in [0.1, 0.15) is 0 Å². The molecule has 38 heavy (non-hydrogen) atoms. The van der Waals surface area contributed by atoms with Crippen LogP contribution in [0, 0.1) is 17.8 Å². The Morgan fingerprint density at radius 3 is 2.39 bits per heavy atom. The summed E-state index contributed by atoms with van der Waals surface area (Å²) in [5, 5.41) is 13.5. The van der Waals surface area contributed by atoms with Crippen LogP contribution in [-0.2, 0) is 25.5 Å². The average Bonchev–Trinajstić information content (AvgIpc) is 2.86. The summed E-state index contributed by atoms with van der Waals surface area (Å²) in [6, 6.07) is 5.48. The molecule has 4 atom stereocenters. The molecule has 0 aromatic heterocycles. The van der Waals surface area contributed by atoms with Gasteiger partial charge in [0.2, 0.25) is 5.91 Å². The highest BCUT2D eigenvalue weighted by Gasteiger charge is 2.26. The molecule has 0 spiro atoms. The van der Waals surface area contributed by atoms with Crippen LogP contribution in [0.25, 0.3) is 0 Å². The maximum absolute atomic E-state index is 12.4. The van der Waals surface area contributed by atoms with Crippen molar-refractivity contribution in [2.45, 2.75) is 71.9 Å². The van der Waals surface area contributed by atoms with E-state index < -0.39 is 18.1 Å². The molecule has 1 amide bonds. The van der Waals surface area contributed by atoms with Crippen molar-refractivity contribution < 1.29 is 33.6 Å². The van der Waals surface area contributed by atoms with Gasteiger partial charge in [-0.3, -0.25) is 9.59 Å². The smallest absolute Gasteiger partial charge is 0.307 e. The number of hydrogen-bond acceptors (Lipinski definition) is 8. The van der Waals surface area contributed by atoms with Crippen molar-refractivity contribution >= 4 is 24.3 Å². The fourth-order valence-corrected chi connectivity index (χ4v) is 4.09. The molecule has 1 aromatic carbocycles. The summed E-state index contributed by atoms with van der Waals surface area (Å²) in [6.45, 7) is 9.47. The number of ether oxygens (including phenoxy) is 4. The summed E-state index contributed by atoms with van der Waals surface area (Å²) >= 11 is 0. The van der Waals surface area contributed by atoms with E-state index in [1.807, 2.05) is 18.2 Å². The molecule has 220 valence electrons. The van der Waals surface area contributed by atoms with Crippen LogP contribution in [0.5, 0.6) is 11.5 Å². The van der Waals surface area contributed by atoms with E-state index >= 15 is 0 Å². The molecule has 0 bridgehead atoms. The molecule has 0 fully saturated rings. The summed E-state index contributed by atoms with van der Waals surface area (Å²) in [4.78, 5) is 23.8. The summed E-state index contributed by atoms with van der Waals surface area (Å²) in [6.07, 6.45) is 1.73. The lowest BCUT2D eigenvalue weighted by Crippen LogP contribution is -2.41. The molecule has 0 aliphatic carbocycles. The monoisotopic (exact) mass is 560 g/mol. The number of nitrogens with one attached hydrogen (secondary N) is 1. The van der Waals surface area contributed by atoms with Crippen molar-refractivity contribution in [2.24, 2.45) is 23.5 Å². The van der Waals surface area contributed by atoms with E-state index in [2.05, 4.69) is 19.2 Å². The number of esters is 1. The molecule has 4 unspecified atom stereocenters. The van der Waals surface area contributed by atoms with Crippen molar-refractivity contribution in [3.05, 3.63) is 23.8 Å². The number of nitrogens with two attached hydrogens (primary N) is 1. The highest BCUT2D eigenvalue weighted by atomic mass is 35.5. The van der Waals surface area contributed by atoms with Crippen LogP contribution in [0.1, 0.15) is 58.9 Å². The minimum absolute atomic E-state index is 0. The molecule has 0 aliphatic rings. The van der Waals surface area contributed by atoms with E-state index in [1.54, 1.807) is 28.1 Å². The Morgan fingerprint density at radius 1 is 1.08 bits per heavy atom. The molecule has 0 heterocycles. The van der Waals surface area contributed by atoms with Crippen LogP contribution in [0.15, 0.2) is 18.2 Å². The predicted molar refractivity (Wildman–Crippen MR) is 151 cm³/mol. The van der Waals surface area contributed by atoms with Gasteiger partial charge in [-0.1, -0.05) is 26.8 Å². The number of aliphatic hydroxyl groups excluding tert-OH is 1. The number of methoxy groups -OCH3 is 2. The van der Waals surface area contributed by atoms with Crippen LogP contribution >= 0.6 is 12.4 Å². The lowest BCUT2D eigenvalue weighted by molar-refractivity contribution is -0.143. The minimum atomic E-state index is -0.817. The van der Waals surface area contributed by atoms with Gasteiger partial charge in [-0.15, -0.1) is 12.4 Å². The average molecular weight is 561 g/mol. The third kappa shape index (κ3) is 13.6.